The van der Waals surface area contributed by atoms with E-state index < -0.39 is 5.92 Å². The van der Waals surface area contributed by atoms with Crippen LogP contribution in [0.2, 0.25) is 0 Å². The molecule has 4 heteroatoms. The standard InChI is InChI=1S/C14H20F2N2/c1-10-3-2-8-18-13(10)9-12(17)11-4-6-14(15,16)7-5-11/h2-3,8,11-12H,4-7,9,17H2,1H3. The van der Waals surface area contributed by atoms with Gasteiger partial charge in [-0.05, 0) is 37.3 Å². The first-order valence-electron chi connectivity index (χ1n) is 6.52. The summed E-state index contributed by atoms with van der Waals surface area (Å²) < 4.78 is 26.2. The van der Waals surface area contributed by atoms with E-state index in [1.54, 1.807) is 6.20 Å². The van der Waals surface area contributed by atoms with E-state index in [0.29, 0.717) is 19.3 Å². The molecule has 2 rings (SSSR count). The molecule has 1 atom stereocenters. The third-order valence-corrected chi connectivity index (χ3v) is 3.91. The monoisotopic (exact) mass is 254 g/mol. The number of halogens is 2. The number of nitrogens with two attached hydrogens (primary N) is 1. The van der Waals surface area contributed by atoms with E-state index in [1.807, 2.05) is 19.1 Å². The Morgan fingerprint density at radius 1 is 1.44 bits per heavy atom. The molecule has 1 saturated carbocycles. The van der Waals surface area contributed by atoms with E-state index in [1.165, 1.54) is 0 Å². The van der Waals surface area contributed by atoms with Crippen LogP contribution >= 0.6 is 0 Å². The Morgan fingerprint density at radius 3 is 2.72 bits per heavy atom. The van der Waals surface area contributed by atoms with Gasteiger partial charge in [0, 0.05) is 37.2 Å². The molecule has 0 spiro atoms. The number of pyridine rings is 1. The zero-order valence-electron chi connectivity index (χ0n) is 10.7. The third-order valence-electron chi connectivity index (χ3n) is 3.91. The van der Waals surface area contributed by atoms with Crippen molar-refractivity contribution in [3.8, 4) is 0 Å². The molecule has 1 unspecified atom stereocenters. The van der Waals surface area contributed by atoms with Gasteiger partial charge in [0.05, 0.1) is 0 Å². The second-order valence-electron chi connectivity index (χ2n) is 5.33. The number of alkyl halides is 2. The zero-order chi connectivity index (χ0) is 13.2. The van der Waals surface area contributed by atoms with Crippen LogP contribution in [-0.2, 0) is 6.42 Å². The summed E-state index contributed by atoms with van der Waals surface area (Å²) in [6, 6.07) is 3.84. The van der Waals surface area contributed by atoms with Crippen molar-refractivity contribution in [2.75, 3.05) is 0 Å². The Morgan fingerprint density at radius 2 is 2.11 bits per heavy atom. The van der Waals surface area contributed by atoms with Gasteiger partial charge < -0.3 is 5.73 Å². The lowest BCUT2D eigenvalue weighted by Crippen LogP contribution is -2.37. The lowest BCUT2D eigenvalue weighted by molar-refractivity contribution is -0.0481. The highest BCUT2D eigenvalue weighted by atomic mass is 19.3. The maximum atomic E-state index is 13.1. The molecule has 0 bridgehead atoms. The van der Waals surface area contributed by atoms with Crippen LogP contribution in [0.4, 0.5) is 8.78 Å². The van der Waals surface area contributed by atoms with Gasteiger partial charge in [0.15, 0.2) is 0 Å². The van der Waals surface area contributed by atoms with Crippen molar-refractivity contribution in [1.29, 1.82) is 0 Å². The maximum absolute atomic E-state index is 13.1. The molecule has 0 amide bonds. The topological polar surface area (TPSA) is 38.9 Å². The van der Waals surface area contributed by atoms with Gasteiger partial charge in [-0.3, -0.25) is 4.98 Å². The predicted molar refractivity (Wildman–Crippen MR) is 67.6 cm³/mol. The van der Waals surface area contributed by atoms with Crippen LogP contribution < -0.4 is 5.73 Å². The molecule has 2 nitrogen and oxygen atoms in total. The van der Waals surface area contributed by atoms with Gasteiger partial charge in [0.2, 0.25) is 5.92 Å². The summed E-state index contributed by atoms with van der Waals surface area (Å²) in [5.41, 5.74) is 8.26. The third kappa shape index (κ3) is 3.25. The molecule has 1 heterocycles. The van der Waals surface area contributed by atoms with Crippen LogP contribution in [0.1, 0.15) is 36.9 Å². The largest absolute Gasteiger partial charge is 0.327 e. The average molecular weight is 254 g/mol. The summed E-state index contributed by atoms with van der Waals surface area (Å²) in [6.45, 7) is 2.00. The molecule has 1 fully saturated rings. The molecule has 2 N–H and O–H groups in total. The Kier molecular flexibility index (Phi) is 3.95. The number of aromatic nitrogens is 1. The lowest BCUT2D eigenvalue weighted by Gasteiger charge is -2.32. The maximum Gasteiger partial charge on any atom is 0.248 e. The van der Waals surface area contributed by atoms with Crippen molar-refractivity contribution in [2.45, 2.75) is 51.0 Å². The summed E-state index contributed by atoms with van der Waals surface area (Å²) >= 11 is 0. The van der Waals surface area contributed by atoms with Gasteiger partial charge in [0.1, 0.15) is 0 Å². The first kappa shape index (κ1) is 13.4. The SMILES string of the molecule is Cc1cccnc1CC(N)C1CCC(F)(F)CC1. The number of aryl methyl sites for hydroxylation is 1. The summed E-state index contributed by atoms with van der Waals surface area (Å²) in [7, 11) is 0. The lowest BCUT2D eigenvalue weighted by atomic mass is 9.80. The van der Waals surface area contributed by atoms with Crippen LogP contribution in [0.15, 0.2) is 18.3 Å². The molecule has 0 aliphatic heterocycles. The first-order valence-corrected chi connectivity index (χ1v) is 6.52. The van der Waals surface area contributed by atoms with E-state index in [-0.39, 0.29) is 24.8 Å². The molecular formula is C14H20F2N2. The molecule has 1 aromatic rings. The van der Waals surface area contributed by atoms with Crippen molar-refractivity contribution in [3.63, 3.8) is 0 Å². The predicted octanol–water partition coefficient (Wildman–Crippen LogP) is 3.09. The molecule has 1 aliphatic carbocycles. The fraction of sp³-hybridized carbons (Fsp3) is 0.643. The minimum atomic E-state index is -2.48. The van der Waals surface area contributed by atoms with Crippen LogP contribution in [0.3, 0.4) is 0 Å². The van der Waals surface area contributed by atoms with Crippen molar-refractivity contribution in [2.24, 2.45) is 11.7 Å². The summed E-state index contributed by atoms with van der Waals surface area (Å²) in [4.78, 5) is 4.31. The Balaban J connectivity index is 1.93. The fourth-order valence-electron chi connectivity index (χ4n) is 2.61. The second-order valence-corrected chi connectivity index (χ2v) is 5.33. The van der Waals surface area contributed by atoms with Gasteiger partial charge in [-0.2, -0.15) is 0 Å². The number of hydrogen-bond donors (Lipinski definition) is 1. The van der Waals surface area contributed by atoms with Gasteiger partial charge in [0.25, 0.3) is 0 Å². The summed E-state index contributed by atoms with van der Waals surface area (Å²) in [6.07, 6.45) is 3.45. The van der Waals surface area contributed by atoms with Gasteiger partial charge in [-0.1, -0.05) is 6.07 Å². The van der Waals surface area contributed by atoms with Gasteiger partial charge in [-0.25, -0.2) is 8.78 Å². The molecule has 18 heavy (non-hydrogen) atoms. The van der Waals surface area contributed by atoms with Crippen LogP contribution in [0.5, 0.6) is 0 Å². The highest BCUT2D eigenvalue weighted by Gasteiger charge is 2.36. The molecule has 100 valence electrons. The minimum absolute atomic E-state index is 0.0213. The molecule has 1 aliphatic rings. The minimum Gasteiger partial charge on any atom is -0.327 e. The number of hydrogen-bond acceptors (Lipinski definition) is 2. The van der Waals surface area contributed by atoms with Crippen molar-refractivity contribution >= 4 is 0 Å². The van der Waals surface area contributed by atoms with Crippen molar-refractivity contribution in [3.05, 3.63) is 29.6 Å². The van der Waals surface area contributed by atoms with Crippen LogP contribution in [0, 0.1) is 12.8 Å². The van der Waals surface area contributed by atoms with E-state index in [9.17, 15) is 8.78 Å². The smallest absolute Gasteiger partial charge is 0.248 e. The summed E-state index contributed by atoms with van der Waals surface area (Å²) in [5, 5.41) is 0. The zero-order valence-corrected chi connectivity index (χ0v) is 10.7. The number of rotatable bonds is 3. The molecule has 0 aromatic carbocycles. The Bertz CT molecular complexity index is 397. The highest BCUT2D eigenvalue weighted by Crippen LogP contribution is 2.37. The Hall–Kier alpha value is -1.03. The van der Waals surface area contributed by atoms with E-state index in [4.69, 9.17) is 5.73 Å². The quantitative estimate of drug-likeness (QED) is 0.900. The van der Waals surface area contributed by atoms with Crippen molar-refractivity contribution < 1.29 is 8.78 Å². The second kappa shape index (κ2) is 5.31. The van der Waals surface area contributed by atoms with E-state index >= 15 is 0 Å². The number of nitrogens with zero attached hydrogens (tertiary/aromatic N) is 1. The average Bonchev–Trinajstić information content (AvgIpc) is 2.32. The van der Waals surface area contributed by atoms with Crippen LogP contribution in [-0.4, -0.2) is 16.9 Å². The molecule has 1 aromatic heterocycles. The van der Waals surface area contributed by atoms with Gasteiger partial charge >= 0.3 is 0 Å². The molecule has 0 saturated heterocycles. The highest BCUT2D eigenvalue weighted by molar-refractivity contribution is 5.18. The van der Waals surface area contributed by atoms with Crippen LogP contribution in [0.25, 0.3) is 0 Å². The Labute approximate surface area is 107 Å². The normalized spacial score (nSPS) is 21.8. The summed E-state index contributed by atoms with van der Waals surface area (Å²) in [5.74, 6) is -2.28. The van der Waals surface area contributed by atoms with E-state index in [2.05, 4.69) is 4.98 Å². The van der Waals surface area contributed by atoms with Gasteiger partial charge in [-0.15, -0.1) is 0 Å². The van der Waals surface area contributed by atoms with Crippen molar-refractivity contribution in [1.82, 2.24) is 4.98 Å². The molecular weight excluding hydrogens is 234 g/mol. The first-order chi connectivity index (χ1) is 8.48. The fourth-order valence-corrected chi connectivity index (χ4v) is 2.61. The molecule has 0 radical (unpaired) electrons. The van der Waals surface area contributed by atoms with E-state index in [0.717, 1.165) is 11.3 Å².